The first-order valence-electron chi connectivity index (χ1n) is 6.06. The van der Waals surface area contributed by atoms with Gasteiger partial charge >= 0.3 is 12.0 Å². The number of thiophene rings is 1. The number of amides is 2. The van der Waals surface area contributed by atoms with Gasteiger partial charge in [0, 0.05) is 12.2 Å². The van der Waals surface area contributed by atoms with Crippen molar-refractivity contribution in [2.45, 2.75) is 13.5 Å². The number of halogens is 1. The number of hydrogen-bond acceptors (Lipinski definition) is 3. The molecule has 0 saturated carbocycles. The van der Waals surface area contributed by atoms with Crippen molar-refractivity contribution in [2.24, 2.45) is 0 Å². The number of rotatable bonds is 4. The van der Waals surface area contributed by atoms with E-state index in [-0.39, 0.29) is 10.6 Å². The zero-order chi connectivity index (χ0) is 15.4. The smallest absolute Gasteiger partial charge is 0.337 e. The van der Waals surface area contributed by atoms with E-state index in [4.69, 9.17) is 16.7 Å². The van der Waals surface area contributed by atoms with Crippen molar-refractivity contribution in [3.05, 3.63) is 50.7 Å². The molecule has 0 aliphatic heterocycles. The molecular weight excluding hydrogens is 312 g/mol. The van der Waals surface area contributed by atoms with Crippen molar-refractivity contribution in [1.82, 2.24) is 5.32 Å². The summed E-state index contributed by atoms with van der Waals surface area (Å²) in [5, 5.41) is 18.4. The van der Waals surface area contributed by atoms with Gasteiger partial charge in [0.25, 0.3) is 0 Å². The Morgan fingerprint density at radius 2 is 2.10 bits per heavy atom. The lowest BCUT2D eigenvalue weighted by atomic mass is 10.2. The molecule has 1 heterocycles. The van der Waals surface area contributed by atoms with Crippen LogP contribution in [-0.2, 0) is 6.54 Å². The fraction of sp³-hybridized carbons (Fsp3) is 0.143. The predicted octanol–water partition coefficient (Wildman–Crippen LogP) is 3.73. The van der Waals surface area contributed by atoms with Crippen molar-refractivity contribution in [3.8, 4) is 0 Å². The van der Waals surface area contributed by atoms with Crippen molar-refractivity contribution >= 4 is 40.6 Å². The van der Waals surface area contributed by atoms with Crippen LogP contribution in [0.25, 0.3) is 0 Å². The number of urea groups is 1. The van der Waals surface area contributed by atoms with Gasteiger partial charge in [0.2, 0.25) is 0 Å². The number of nitrogens with one attached hydrogen (secondary N) is 2. The number of anilines is 1. The molecule has 0 aliphatic rings. The molecule has 0 saturated heterocycles. The third-order valence-corrected chi connectivity index (χ3v) is 4.10. The molecule has 5 nitrogen and oxygen atoms in total. The molecule has 0 spiro atoms. The summed E-state index contributed by atoms with van der Waals surface area (Å²) in [6.07, 6.45) is 0. The van der Waals surface area contributed by atoms with Crippen LogP contribution in [0.3, 0.4) is 0 Å². The van der Waals surface area contributed by atoms with Gasteiger partial charge in [0.15, 0.2) is 0 Å². The molecule has 0 aliphatic carbocycles. The van der Waals surface area contributed by atoms with E-state index in [1.807, 2.05) is 17.7 Å². The summed E-state index contributed by atoms with van der Waals surface area (Å²) in [6, 6.07) is 3.90. The number of aromatic carboxylic acids is 1. The van der Waals surface area contributed by atoms with E-state index in [1.165, 1.54) is 12.1 Å². The highest BCUT2D eigenvalue weighted by molar-refractivity contribution is 7.08. The molecule has 2 aromatic rings. The first-order chi connectivity index (χ1) is 9.97. The minimum absolute atomic E-state index is 0.0526. The summed E-state index contributed by atoms with van der Waals surface area (Å²) >= 11 is 7.34. The van der Waals surface area contributed by atoms with Gasteiger partial charge in [-0.1, -0.05) is 11.6 Å². The summed E-state index contributed by atoms with van der Waals surface area (Å²) in [5.74, 6) is -1.14. The van der Waals surface area contributed by atoms with Crippen LogP contribution >= 0.6 is 22.9 Å². The Morgan fingerprint density at radius 1 is 1.33 bits per heavy atom. The summed E-state index contributed by atoms with van der Waals surface area (Å²) < 4.78 is 0. The third-order valence-electron chi connectivity index (χ3n) is 2.86. The Kier molecular flexibility index (Phi) is 4.82. The van der Waals surface area contributed by atoms with Crippen molar-refractivity contribution < 1.29 is 14.7 Å². The highest BCUT2D eigenvalue weighted by Crippen LogP contribution is 2.20. The summed E-state index contributed by atoms with van der Waals surface area (Å²) in [5.41, 5.74) is 2.50. The van der Waals surface area contributed by atoms with E-state index in [1.54, 1.807) is 17.4 Å². The minimum atomic E-state index is -1.14. The summed E-state index contributed by atoms with van der Waals surface area (Å²) in [6.45, 7) is 2.39. The van der Waals surface area contributed by atoms with E-state index in [0.29, 0.717) is 12.2 Å². The topological polar surface area (TPSA) is 78.4 Å². The number of aryl methyl sites for hydroxylation is 1. The Labute approximate surface area is 130 Å². The van der Waals surface area contributed by atoms with Crippen LogP contribution in [-0.4, -0.2) is 17.1 Å². The van der Waals surface area contributed by atoms with Crippen LogP contribution in [0.1, 0.15) is 21.5 Å². The maximum absolute atomic E-state index is 11.8. The molecule has 0 unspecified atom stereocenters. The second kappa shape index (κ2) is 6.60. The van der Waals surface area contributed by atoms with Gasteiger partial charge in [-0.15, -0.1) is 0 Å². The monoisotopic (exact) mass is 324 g/mol. The van der Waals surface area contributed by atoms with Crippen LogP contribution in [0.15, 0.2) is 29.0 Å². The van der Waals surface area contributed by atoms with E-state index in [2.05, 4.69) is 10.6 Å². The Bertz CT molecular complexity index is 685. The lowest BCUT2D eigenvalue weighted by molar-refractivity contribution is 0.0697. The number of hydrogen-bond donors (Lipinski definition) is 3. The molecule has 3 N–H and O–H groups in total. The maximum atomic E-state index is 11.8. The van der Waals surface area contributed by atoms with Crippen LogP contribution in [0.5, 0.6) is 0 Å². The van der Waals surface area contributed by atoms with Gasteiger partial charge in [0.1, 0.15) is 0 Å². The highest BCUT2D eigenvalue weighted by atomic mass is 35.5. The van der Waals surface area contributed by atoms with Gasteiger partial charge in [0.05, 0.1) is 10.6 Å². The van der Waals surface area contributed by atoms with Gasteiger partial charge in [-0.2, -0.15) is 11.3 Å². The predicted molar refractivity (Wildman–Crippen MR) is 83.3 cm³/mol. The second-order valence-electron chi connectivity index (χ2n) is 4.39. The fourth-order valence-corrected chi connectivity index (χ4v) is 2.74. The molecule has 21 heavy (non-hydrogen) atoms. The quantitative estimate of drug-likeness (QED) is 0.801. The minimum Gasteiger partial charge on any atom is -0.478 e. The highest BCUT2D eigenvalue weighted by Gasteiger charge is 2.11. The number of carbonyl (C=O) groups is 2. The van der Waals surface area contributed by atoms with Gasteiger partial charge in [-0.25, -0.2) is 9.59 Å². The van der Waals surface area contributed by atoms with Crippen LogP contribution < -0.4 is 10.6 Å². The normalized spacial score (nSPS) is 10.2. The number of carboxylic acids is 1. The number of carbonyl (C=O) groups excluding carboxylic acids is 1. The summed E-state index contributed by atoms with van der Waals surface area (Å²) in [7, 11) is 0. The average Bonchev–Trinajstić information content (AvgIpc) is 2.84. The van der Waals surface area contributed by atoms with Crippen LogP contribution in [0, 0.1) is 6.92 Å². The number of benzene rings is 1. The van der Waals surface area contributed by atoms with Crippen molar-refractivity contribution in [1.29, 1.82) is 0 Å². The molecule has 0 fully saturated rings. The zero-order valence-electron chi connectivity index (χ0n) is 11.1. The van der Waals surface area contributed by atoms with Crippen LogP contribution in [0.4, 0.5) is 10.5 Å². The number of carboxylic acid groups (broad SMARTS) is 1. The molecule has 1 aromatic carbocycles. The van der Waals surface area contributed by atoms with E-state index < -0.39 is 12.0 Å². The van der Waals surface area contributed by atoms with Crippen molar-refractivity contribution in [3.63, 3.8) is 0 Å². The SMILES string of the molecule is Cc1cscc1CNC(=O)Nc1ccc(Cl)c(C(=O)O)c1. The zero-order valence-corrected chi connectivity index (χ0v) is 12.7. The standard InChI is InChI=1S/C14H13ClN2O3S/c1-8-6-21-7-9(8)5-16-14(20)17-10-2-3-12(15)11(4-10)13(18)19/h2-4,6-7H,5H2,1H3,(H,18,19)(H2,16,17,20). The lowest BCUT2D eigenvalue weighted by Crippen LogP contribution is -2.28. The van der Waals surface area contributed by atoms with E-state index in [9.17, 15) is 9.59 Å². The first-order valence-corrected chi connectivity index (χ1v) is 7.39. The Balaban J connectivity index is 1.98. The van der Waals surface area contributed by atoms with Gasteiger partial charge in [-0.3, -0.25) is 0 Å². The fourth-order valence-electron chi connectivity index (χ4n) is 1.69. The van der Waals surface area contributed by atoms with Gasteiger partial charge in [-0.05, 0) is 47.0 Å². The molecule has 0 bridgehead atoms. The maximum Gasteiger partial charge on any atom is 0.337 e. The molecule has 1 aromatic heterocycles. The second-order valence-corrected chi connectivity index (χ2v) is 5.54. The third kappa shape index (κ3) is 3.96. The lowest BCUT2D eigenvalue weighted by Gasteiger charge is -2.09. The molecule has 2 rings (SSSR count). The summed E-state index contributed by atoms with van der Waals surface area (Å²) in [4.78, 5) is 22.8. The molecule has 7 heteroatoms. The first kappa shape index (κ1) is 15.3. The van der Waals surface area contributed by atoms with Crippen molar-refractivity contribution in [2.75, 3.05) is 5.32 Å². The largest absolute Gasteiger partial charge is 0.478 e. The molecule has 110 valence electrons. The van der Waals surface area contributed by atoms with Gasteiger partial charge < -0.3 is 15.7 Å². The molecule has 0 radical (unpaired) electrons. The molecule has 2 amide bonds. The molecule has 0 atom stereocenters. The van der Waals surface area contributed by atoms with Crippen LogP contribution in [0.2, 0.25) is 5.02 Å². The van der Waals surface area contributed by atoms with E-state index >= 15 is 0 Å². The van der Waals surface area contributed by atoms with E-state index in [0.717, 1.165) is 11.1 Å². The average molecular weight is 325 g/mol. The molecular formula is C14H13ClN2O3S. The Hall–Kier alpha value is -2.05. The Morgan fingerprint density at radius 3 is 2.71 bits per heavy atom.